The molecule has 1 amide bonds. The van der Waals surface area contributed by atoms with E-state index in [0.717, 1.165) is 38.2 Å². The zero-order valence-corrected chi connectivity index (χ0v) is 13.6. The maximum Gasteiger partial charge on any atom is 0.272 e. The molecule has 4 nitrogen and oxygen atoms in total. The number of likely N-dealkylation sites (tertiary alicyclic amines) is 1. The molecule has 1 aliphatic heterocycles. The fourth-order valence-corrected chi connectivity index (χ4v) is 2.92. The summed E-state index contributed by atoms with van der Waals surface area (Å²) in [7, 11) is 0. The normalized spacial score (nSPS) is 14.6. The van der Waals surface area contributed by atoms with Crippen LogP contribution in [0.15, 0.2) is 42.6 Å². The lowest BCUT2D eigenvalue weighted by Gasteiger charge is -2.26. The van der Waals surface area contributed by atoms with Crippen LogP contribution in [0.5, 0.6) is 0 Å². The number of aryl methyl sites for hydroxylation is 1. The summed E-state index contributed by atoms with van der Waals surface area (Å²) in [5.74, 6) is 0.0456. The smallest absolute Gasteiger partial charge is 0.272 e. The maximum absolute atomic E-state index is 12.5. The number of benzene rings is 1. The van der Waals surface area contributed by atoms with Crippen LogP contribution in [0.2, 0.25) is 0 Å². The lowest BCUT2D eigenvalue weighted by atomic mass is 10.1. The van der Waals surface area contributed by atoms with Crippen LogP contribution < -0.4 is 5.32 Å². The Kier molecular flexibility index (Phi) is 4.91. The van der Waals surface area contributed by atoms with E-state index in [9.17, 15) is 4.79 Å². The molecule has 0 bridgehead atoms. The number of amides is 1. The molecule has 4 heteroatoms. The molecule has 23 heavy (non-hydrogen) atoms. The first kappa shape index (κ1) is 15.5. The van der Waals surface area contributed by atoms with E-state index < -0.39 is 0 Å². The fraction of sp³-hybridized carbons (Fsp3) is 0.368. The summed E-state index contributed by atoms with van der Waals surface area (Å²) >= 11 is 0. The van der Waals surface area contributed by atoms with Crippen LogP contribution in [0, 0.1) is 6.92 Å². The number of pyridine rings is 1. The number of piperidine rings is 1. The minimum Gasteiger partial charge on any atom is -0.381 e. The molecule has 0 spiro atoms. The van der Waals surface area contributed by atoms with E-state index >= 15 is 0 Å². The second-order valence-corrected chi connectivity index (χ2v) is 6.06. The molecule has 1 saturated heterocycles. The summed E-state index contributed by atoms with van der Waals surface area (Å²) in [5.41, 5.74) is 3.98. The van der Waals surface area contributed by atoms with Gasteiger partial charge in [0.2, 0.25) is 0 Å². The van der Waals surface area contributed by atoms with Crippen molar-refractivity contribution in [2.24, 2.45) is 0 Å². The average molecular weight is 309 g/mol. The molecule has 1 aromatic carbocycles. The van der Waals surface area contributed by atoms with Gasteiger partial charge in [0.25, 0.3) is 5.91 Å². The number of hydrogen-bond donors (Lipinski definition) is 1. The van der Waals surface area contributed by atoms with Gasteiger partial charge >= 0.3 is 0 Å². The average Bonchev–Trinajstić information content (AvgIpc) is 2.61. The lowest BCUT2D eigenvalue weighted by molar-refractivity contribution is 0.0718. The predicted octanol–water partition coefficient (Wildman–Crippen LogP) is 3.63. The molecule has 120 valence electrons. The molecule has 1 fully saturated rings. The number of nitrogens with one attached hydrogen (secondary N) is 1. The largest absolute Gasteiger partial charge is 0.381 e. The molecule has 0 atom stereocenters. The first-order valence-electron chi connectivity index (χ1n) is 8.28. The number of anilines is 1. The van der Waals surface area contributed by atoms with Crippen LogP contribution in [-0.4, -0.2) is 28.9 Å². The van der Waals surface area contributed by atoms with Crippen molar-refractivity contribution in [3.8, 4) is 0 Å². The van der Waals surface area contributed by atoms with Gasteiger partial charge in [-0.3, -0.25) is 9.78 Å². The number of aromatic nitrogens is 1. The van der Waals surface area contributed by atoms with Gasteiger partial charge < -0.3 is 10.2 Å². The van der Waals surface area contributed by atoms with Gasteiger partial charge in [-0.2, -0.15) is 0 Å². The van der Waals surface area contributed by atoms with Crippen molar-refractivity contribution < 1.29 is 4.79 Å². The van der Waals surface area contributed by atoms with Gasteiger partial charge in [-0.15, -0.1) is 0 Å². The molecular weight excluding hydrogens is 286 g/mol. The van der Waals surface area contributed by atoms with Crippen LogP contribution in [0.25, 0.3) is 0 Å². The van der Waals surface area contributed by atoms with Crippen LogP contribution in [-0.2, 0) is 6.54 Å². The Bertz CT molecular complexity index is 678. The third-order valence-corrected chi connectivity index (χ3v) is 4.37. The summed E-state index contributed by atoms with van der Waals surface area (Å²) in [6, 6.07) is 12.1. The predicted molar refractivity (Wildman–Crippen MR) is 92.5 cm³/mol. The standard InChI is InChI=1S/C19H23N3O/c1-15-7-3-4-8-16(15)14-21-17-9-10-20-18(13-17)19(23)22-11-5-2-6-12-22/h3-4,7-10,13H,2,5-6,11-12,14H2,1H3,(H,20,21). The number of carbonyl (C=O) groups excluding carboxylic acids is 1. The van der Waals surface area contributed by atoms with Gasteiger partial charge in [0, 0.05) is 31.5 Å². The van der Waals surface area contributed by atoms with Crippen molar-refractivity contribution in [3.05, 3.63) is 59.4 Å². The first-order chi connectivity index (χ1) is 11.2. The van der Waals surface area contributed by atoms with E-state index in [1.54, 1.807) is 6.20 Å². The highest BCUT2D eigenvalue weighted by Gasteiger charge is 2.19. The molecule has 0 aliphatic carbocycles. The van der Waals surface area contributed by atoms with E-state index in [2.05, 4.69) is 29.4 Å². The summed E-state index contributed by atoms with van der Waals surface area (Å²) in [5, 5.41) is 3.39. The zero-order valence-electron chi connectivity index (χ0n) is 13.6. The summed E-state index contributed by atoms with van der Waals surface area (Å²) in [6.45, 7) is 4.55. The van der Waals surface area contributed by atoms with Gasteiger partial charge in [-0.1, -0.05) is 24.3 Å². The molecule has 2 aromatic rings. The van der Waals surface area contributed by atoms with Crippen LogP contribution in [0.3, 0.4) is 0 Å². The van der Waals surface area contributed by atoms with Gasteiger partial charge in [0.05, 0.1) is 0 Å². The zero-order chi connectivity index (χ0) is 16.1. The molecule has 2 heterocycles. The Morgan fingerprint density at radius 3 is 2.74 bits per heavy atom. The van der Waals surface area contributed by atoms with Crippen LogP contribution in [0.4, 0.5) is 5.69 Å². The van der Waals surface area contributed by atoms with Gasteiger partial charge in [0.15, 0.2) is 0 Å². The van der Waals surface area contributed by atoms with Crippen molar-refractivity contribution in [2.45, 2.75) is 32.7 Å². The van der Waals surface area contributed by atoms with Crippen molar-refractivity contribution in [2.75, 3.05) is 18.4 Å². The Balaban J connectivity index is 1.67. The highest BCUT2D eigenvalue weighted by atomic mass is 16.2. The second-order valence-electron chi connectivity index (χ2n) is 6.06. The molecule has 3 rings (SSSR count). The first-order valence-corrected chi connectivity index (χ1v) is 8.28. The number of nitrogens with zero attached hydrogens (tertiary/aromatic N) is 2. The lowest BCUT2D eigenvalue weighted by Crippen LogP contribution is -2.36. The van der Waals surface area contributed by atoms with Crippen molar-refractivity contribution in [1.82, 2.24) is 9.88 Å². The number of carbonyl (C=O) groups is 1. The SMILES string of the molecule is Cc1ccccc1CNc1ccnc(C(=O)N2CCCCC2)c1. The molecule has 1 aliphatic rings. The quantitative estimate of drug-likeness (QED) is 0.938. The van der Waals surface area contributed by atoms with E-state index in [1.165, 1.54) is 17.5 Å². The highest BCUT2D eigenvalue weighted by Crippen LogP contribution is 2.16. The third-order valence-electron chi connectivity index (χ3n) is 4.37. The monoisotopic (exact) mass is 309 g/mol. The molecule has 0 saturated carbocycles. The fourth-order valence-electron chi connectivity index (χ4n) is 2.92. The van der Waals surface area contributed by atoms with Crippen molar-refractivity contribution in [3.63, 3.8) is 0 Å². The summed E-state index contributed by atoms with van der Waals surface area (Å²) in [6.07, 6.45) is 5.11. The summed E-state index contributed by atoms with van der Waals surface area (Å²) < 4.78 is 0. The maximum atomic E-state index is 12.5. The van der Waals surface area contributed by atoms with E-state index in [-0.39, 0.29) is 5.91 Å². The highest BCUT2D eigenvalue weighted by molar-refractivity contribution is 5.93. The number of hydrogen-bond acceptors (Lipinski definition) is 3. The third kappa shape index (κ3) is 3.89. The van der Waals surface area contributed by atoms with Gasteiger partial charge in [-0.05, 0) is 49.4 Å². The Hall–Kier alpha value is -2.36. The molecule has 1 aromatic heterocycles. The Morgan fingerprint density at radius 1 is 1.17 bits per heavy atom. The summed E-state index contributed by atoms with van der Waals surface area (Å²) in [4.78, 5) is 18.7. The van der Waals surface area contributed by atoms with Gasteiger partial charge in [0.1, 0.15) is 5.69 Å². The minimum absolute atomic E-state index is 0.0456. The van der Waals surface area contributed by atoms with E-state index in [0.29, 0.717) is 5.69 Å². The Morgan fingerprint density at radius 2 is 1.96 bits per heavy atom. The van der Waals surface area contributed by atoms with Gasteiger partial charge in [-0.25, -0.2) is 0 Å². The minimum atomic E-state index is 0.0456. The molecular formula is C19H23N3O. The van der Waals surface area contributed by atoms with Crippen molar-refractivity contribution >= 4 is 11.6 Å². The van der Waals surface area contributed by atoms with E-state index in [1.807, 2.05) is 29.2 Å². The van der Waals surface area contributed by atoms with Crippen molar-refractivity contribution in [1.29, 1.82) is 0 Å². The topological polar surface area (TPSA) is 45.2 Å². The van der Waals surface area contributed by atoms with Crippen LogP contribution in [0.1, 0.15) is 40.9 Å². The number of rotatable bonds is 4. The molecule has 1 N–H and O–H groups in total. The molecule has 0 radical (unpaired) electrons. The van der Waals surface area contributed by atoms with Crippen LogP contribution >= 0.6 is 0 Å². The second kappa shape index (κ2) is 7.27. The molecule has 0 unspecified atom stereocenters. The van der Waals surface area contributed by atoms with E-state index in [4.69, 9.17) is 0 Å². The Labute approximate surface area is 137 Å².